The monoisotopic (exact) mass is 408 g/mol. The van der Waals surface area contributed by atoms with Gasteiger partial charge in [0.05, 0.1) is 0 Å². The first-order chi connectivity index (χ1) is 10.0. The van der Waals surface area contributed by atoms with Crippen LogP contribution in [0.3, 0.4) is 0 Å². The van der Waals surface area contributed by atoms with Crippen molar-refractivity contribution in [2.24, 2.45) is 0 Å². The standard InChI is InChI=1S/2C6H7NO3S.Zn/c2*1-5-3-2-4-7-6(5)11(8,9)10;/h2*2-4H,1H3,(H,8,9,10);/q;;+2/p-2. The summed E-state index contributed by atoms with van der Waals surface area (Å²) in [4.78, 5) is 6.90. The summed E-state index contributed by atoms with van der Waals surface area (Å²) in [5.74, 6) is 0. The van der Waals surface area contributed by atoms with E-state index in [0.717, 1.165) is 0 Å². The molecule has 2 rings (SSSR count). The summed E-state index contributed by atoms with van der Waals surface area (Å²) in [5, 5.41) is -0.778. The van der Waals surface area contributed by atoms with Crippen molar-refractivity contribution < 1.29 is 45.4 Å². The number of nitrogens with zero attached hydrogens (tertiary/aromatic N) is 2. The Morgan fingerprint density at radius 3 is 1.26 bits per heavy atom. The molecule has 8 nitrogen and oxygen atoms in total. The van der Waals surface area contributed by atoms with Crippen molar-refractivity contribution in [1.82, 2.24) is 9.97 Å². The van der Waals surface area contributed by atoms with Gasteiger partial charge in [0.25, 0.3) is 0 Å². The predicted octanol–water partition coefficient (Wildman–Crippen LogP) is 0.586. The Labute approximate surface area is 147 Å². The second-order valence-corrected chi connectivity index (χ2v) is 6.75. The maximum Gasteiger partial charge on any atom is 2.00 e. The van der Waals surface area contributed by atoms with Crippen molar-refractivity contribution in [3.63, 3.8) is 0 Å². The van der Waals surface area contributed by atoms with Crippen molar-refractivity contribution in [2.75, 3.05) is 0 Å². The molecule has 2 aromatic heterocycles. The van der Waals surface area contributed by atoms with Gasteiger partial charge in [-0.1, -0.05) is 12.1 Å². The zero-order valence-electron chi connectivity index (χ0n) is 12.3. The minimum Gasteiger partial charge on any atom is -0.743 e. The van der Waals surface area contributed by atoms with Crippen LogP contribution in [-0.2, 0) is 39.7 Å². The third-order valence-corrected chi connectivity index (χ3v) is 4.20. The number of pyridine rings is 2. The molecule has 0 aliphatic heterocycles. The average molecular weight is 410 g/mol. The first kappa shape index (κ1) is 21.7. The van der Waals surface area contributed by atoms with Gasteiger partial charge in [0, 0.05) is 12.4 Å². The van der Waals surface area contributed by atoms with E-state index in [2.05, 4.69) is 9.97 Å². The van der Waals surface area contributed by atoms with Crippen molar-refractivity contribution in [1.29, 1.82) is 0 Å². The minimum atomic E-state index is -4.39. The maximum absolute atomic E-state index is 10.4. The van der Waals surface area contributed by atoms with Crippen LogP contribution in [0.2, 0.25) is 0 Å². The van der Waals surface area contributed by atoms with Crippen LogP contribution in [-0.4, -0.2) is 35.9 Å². The molecule has 0 saturated heterocycles. The number of hydrogen-bond donors (Lipinski definition) is 0. The van der Waals surface area contributed by atoms with E-state index in [-0.39, 0.29) is 29.5 Å². The van der Waals surface area contributed by atoms with Gasteiger partial charge in [-0.2, -0.15) is 0 Å². The summed E-state index contributed by atoms with van der Waals surface area (Å²) in [6.07, 6.45) is 2.55. The van der Waals surface area contributed by atoms with E-state index >= 15 is 0 Å². The Balaban J connectivity index is 0.000000403. The molecule has 0 saturated carbocycles. The fourth-order valence-corrected chi connectivity index (χ4v) is 2.77. The molecule has 0 bridgehead atoms. The number of aromatic nitrogens is 2. The number of rotatable bonds is 2. The second kappa shape index (κ2) is 8.55. The zero-order chi connectivity index (χ0) is 17.0. The number of aryl methyl sites for hydroxylation is 2. The van der Waals surface area contributed by atoms with Gasteiger partial charge in [0.1, 0.15) is 30.3 Å². The van der Waals surface area contributed by atoms with Gasteiger partial charge >= 0.3 is 19.5 Å². The molecule has 2 heterocycles. The maximum atomic E-state index is 10.4. The quantitative estimate of drug-likeness (QED) is 0.518. The molecule has 0 aromatic carbocycles. The van der Waals surface area contributed by atoms with E-state index in [1.165, 1.54) is 38.4 Å². The van der Waals surface area contributed by atoms with Gasteiger partial charge in [0.2, 0.25) is 0 Å². The van der Waals surface area contributed by atoms with Crippen LogP contribution in [0, 0.1) is 13.8 Å². The molecule has 0 N–H and O–H groups in total. The van der Waals surface area contributed by atoms with E-state index in [0.29, 0.717) is 11.1 Å². The van der Waals surface area contributed by atoms with Crippen LogP contribution in [0.5, 0.6) is 0 Å². The fourth-order valence-electron chi connectivity index (χ4n) is 1.47. The molecule has 0 aliphatic rings. The third-order valence-electron chi connectivity index (χ3n) is 2.40. The van der Waals surface area contributed by atoms with Crippen LogP contribution in [0.4, 0.5) is 0 Å². The molecule has 0 aliphatic carbocycles. The van der Waals surface area contributed by atoms with Crippen LogP contribution in [0.25, 0.3) is 0 Å². The summed E-state index contributed by atoms with van der Waals surface area (Å²) in [5.41, 5.74) is 0.755. The molecule has 0 radical (unpaired) electrons. The molecule has 0 atom stereocenters. The van der Waals surface area contributed by atoms with Crippen molar-refractivity contribution in [3.8, 4) is 0 Å². The first-order valence-electron chi connectivity index (χ1n) is 5.78. The molecular weight excluding hydrogens is 398 g/mol. The van der Waals surface area contributed by atoms with Gasteiger partial charge < -0.3 is 9.11 Å². The van der Waals surface area contributed by atoms with Crippen LogP contribution in [0.1, 0.15) is 11.1 Å². The van der Waals surface area contributed by atoms with E-state index in [4.69, 9.17) is 0 Å². The first-order valence-corrected chi connectivity index (χ1v) is 8.60. The molecule has 23 heavy (non-hydrogen) atoms. The van der Waals surface area contributed by atoms with Crippen LogP contribution in [0.15, 0.2) is 46.7 Å². The van der Waals surface area contributed by atoms with Crippen LogP contribution < -0.4 is 0 Å². The largest absolute Gasteiger partial charge is 2.00 e. The minimum absolute atomic E-state index is 0. The fraction of sp³-hybridized carbons (Fsp3) is 0.167. The average Bonchev–Trinajstić information content (AvgIpc) is 2.37. The molecular formula is C12H12N2O6S2Zn. The van der Waals surface area contributed by atoms with Crippen molar-refractivity contribution >= 4 is 20.2 Å². The van der Waals surface area contributed by atoms with E-state index in [1.54, 1.807) is 12.1 Å². The van der Waals surface area contributed by atoms with E-state index in [9.17, 15) is 25.9 Å². The predicted molar refractivity (Wildman–Crippen MR) is 73.9 cm³/mol. The van der Waals surface area contributed by atoms with E-state index < -0.39 is 20.2 Å². The topological polar surface area (TPSA) is 140 Å². The van der Waals surface area contributed by atoms with E-state index in [1.807, 2.05) is 0 Å². The normalized spacial score (nSPS) is 11.0. The Morgan fingerprint density at radius 2 is 1.09 bits per heavy atom. The Bertz CT molecular complexity index is 795. The molecule has 0 amide bonds. The van der Waals surface area contributed by atoms with Crippen molar-refractivity contribution in [2.45, 2.75) is 23.9 Å². The summed E-state index contributed by atoms with van der Waals surface area (Å²) in [6.45, 7) is 3.05. The summed E-state index contributed by atoms with van der Waals surface area (Å²) in [7, 11) is -8.79. The van der Waals surface area contributed by atoms with Gasteiger partial charge in [-0.15, -0.1) is 0 Å². The Morgan fingerprint density at radius 1 is 0.783 bits per heavy atom. The second-order valence-electron chi connectivity index (χ2n) is 4.16. The summed E-state index contributed by atoms with van der Waals surface area (Å²) in [6, 6.07) is 6.20. The molecule has 0 unspecified atom stereocenters. The smallest absolute Gasteiger partial charge is 0.743 e. The summed E-state index contributed by atoms with van der Waals surface area (Å²) < 4.78 is 62.6. The molecule has 120 valence electrons. The van der Waals surface area contributed by atoms with Crippen molar-refractivity contribution in [3.05, 3.63) is 47.8 Å². The Hall–Kier alpha value is -1.26. The molecule has 11 heteroatoms. The van der Waals surface area contributed by atoms with Gasteiger partial charge in [0.15, 0.2) is 0 Å². The SMILES string of the molecule is Cc1cccnc1S(=O)(=O)[O-].Cc1cccnc1S(=O)(=O)[O-].[Zn+2]. The summed E-state index contributed by atoms with van der Waals surface area (Å²) >= 11 is 0. The third kappa shape index (κ3) is 6.80. The molecule has 0 spiro atoms. The number of hydrogen-bond acceptors (Lipinski definition) is 8. The van der Waals surface area contributed by atoms with Gasteiger partial charge in [-0.25, -0.2) is 26.8 Å². The molecule has 0 fully saturated rings. The Kier molecular flexibility index (Phi) is 8.09. The van der Waals surface area contributed by atoms with Gasteiger partial charge in [-0.05, 0) is 37.1 Å². The van der Waals surface area contributed by atoms with Crippen LogP contribution >= 0.6 is 0 Å². The zero-order valence-corrected chi connectivity index (χ0v) is 16.9. The van der Waals surface area contributed by atoms with Gasteiger partial charge in [-0.3, -0.25) is 0 Å². The molecule has 2 aromatic rings.